The van der Waals surface area contributed by atoms with Crippen LogP contribution in [0.1, 0.15) is 17.4 Å². The largest absolute Gasteiger partial charge is 0.476 e. The number of carboxylic acids is 1. The summed E-state index contributed by atoms with van der Waals surface area (Å²) in [7, 11) is 1.66. The van der Waals surface area contributed by atoms with Crippen molar-refractivity contribution in [2.75, 3.05) is 13.6 Å². The fourth-order valence-electron chi connectivity index (χ4n) is 0.900. The minimum absolute atomic E-state index is 0.0550. The summed E-state index contributed by atoms with van der Waals surface area (Å²) in [6, 6.07) is 0. The van der Waals surface area contributed by atoms with Crippen molar-refractivity contribution in [3.8, 4) is 0 Å². The van der Waals surface area contributed by atoms with E-state index in [2.05, 4.69) is 10.2 Å². The molecule has 7 nitrogen and oxygen atoms in total. The first kappa shape index (κ1) is 11.2. The van der Waals surface area contributed by atoms with Gasteiger partial charge in [0.2, 0.25) is 5.91 Å². The smallest absolute Gasteiger partial charge is 0.358 e. The third-order valence-electron chi connectivity index (χ3n) is 1.93. The number of carbonyl (C=O) groups excluding carboxylic acids is 1. The van der Waals surface area contributed by atoms with Crippen LogP contribution < -0.4 is 0 Å². The van der Waals surface area contributed by atoms with E-state index in [0.717, 1.165) is 0 Å². The van der Waals surface area contributed by atoms with Gasteiger partial charge in [0.15, 0.2) is 5.69 Å². The number of nitrogens with zero attached hydrogens (tertiary/aromatic N) is 4. The van der Waals surface area contributed by atoms with Gasteiger partial charge in [0, 0.05) is 20.5 Å². The number of rotatable bonds is 4. The Hall–Kier alpha value is -1.92. The van der Waals surface area contributed by atoms with Crippen LogP contribution in [-0.4, -0.2) is 50.5 Å². The molecule has 1 amide bonds. The van der Waals surface area contributed by atoms with E-state index in [-0.39, 0.29) is 11.6 Å². The van der Waals surface area contributed by atoms with Gasteiger partial charge in [-0.3, -0.25) is 4.79 Å². The summed E-state index contributed by atoms with van der Waals surface area (Å²) in [6.45, 7) is 2.28. The zero-order chi connectivity index (χ0) is 11.4. The summed E-state index contributed by atoms with van der Waals surface area (Å²) in [5.74, 6) is -1.17. The first-order valence-electron chi connectivity index (χ1n) is 4.36. The SMILES string of the molecule is CC(=O)N(C)CCn1ncc(C(=O)O)n1. The van der Waals surface area contributed by atoms with Crippen LogP contribution >= 0.6 is 0 Å². The molecule has 0 radical (unpaired) electrons. The molecule has 0 atom stereocenters. The molecule has 0 fully saturated rings. The Morgan fingerprint density at radius 3 is 2.73 bits per heavy atom. The second kappa shape index (κ2) is 4.54. The molecule has 0 bridgehead atoms. The van der Waals surface area contributed by atoms with Gasteiger partial charge in [-0.2, -0.15) is 9.90 Å². The highest BCUT2D eigenvalue weighted by atomic mass is 16.4. The predicted molar refractivity (Wildman–Crippen MR) is 50.3 cm³/mol. The lowest BCUT2D eigenvalue weighted by Gasteiger charge is -2.13. The topological polar surface area (TPSA) is 88.3 Å². The number of aromatic nitrogens is 3. The average molecular weight is 212 g/mol. The minimum Gasteiger partial charge on any atom is -0.476 e. The quantitative estimate of drug-likeness (QED) is 0.723. The van der Waals surface area contributed by atoms with Crippen LogP contribution in [0, 0.1) is 0 Å². The number of hydrogen-bond donors (Lipinski definition) is 1. The van der Waals surface area contributed by atoms with Crippen LogP contribution in [0.25, 0.3) is 0 Å². The molecule has 0 unspecified atom stereocenters. The van der Waals surface area contributed by atoms with Gasteiger partial charge in [0.1, 0.15) is 0 Å². The van der Waals surface area contributed by atoms with Crippen LogP contribution in [0.5, 0.6) is 0 Å². The lowest BCUT2D eigenvalue weighted by molar-refractivity contribution is -0.127. The number of aromatic carboxylic acids is 1. The zero-order valence-corrected chi connectivity index (χ0v) is 8.54. The Labute approximate surface area is 86.3 Å². The molecule has 15 heavy (non-hydrogen) atoms. The molecule has 0 aliphatic carbocycles. The van der Waals surface area contributed by atoms with Gasteiger partial charge >= 0.3 is 5.97 Å². The third kappa shape index (κ3) is 3.04. The van der Waals surface area contributed by atoms with Crippen LogP contribution in [-0.2, 0) is 11.3 Å². The maximum Gasteiger partial charge on any atom is 0.358 e. The molecule has 1 aromatic heterocycles. The number of carbonyl (C=O) groups is 2. The van der Waals surface area contributed by atoms with Crippen molar-refractivity contribution < 1.29 is 14.7 Å². The second-order valence-electron chi connectivity index (χ2n) is 3.07. The molecule has 7 heteroatoms. The van der Waals surface area contributed by atoms with Gasteiger partial charge in [-0.25, -0.2) is 4.79 Å². The van der Waals surface area contributed by atoms with Gasteiger partial charge in [-0.05, 0) is 0 Å². The van der Waals surface area contributed by atoms with E-state index in [9.17, 15) is 9.59 Å². The van der Waals surface area contributed by atoms with E-state index in [1.807, 2.05) is 0 Å². The van der Waals surface area contributed by atoms with Gasteiger partial charge in [0.25, 0.3) is 0 Å². The molecule has 0 aliphatic rings. The highest BCUT2D eigenvalue weighted by molar-refractivity contribution is 5.84. The van der Waals surface area contributed by atoms with Crippen molar-refractivity contribution in [2.45, 2.75) is 13.5 Å². The molecular weight excluding hydrogens is 200 g/mol. The molecular formula is C8H12N4O3. The summed E-state index contributed by atoms with van der Waals surface area (Å²) in [5.41, 5.74) is -0.0968. The predicted octanol–water partition coefficient (Wildman–Crippen LogP) is -0.545. The molecule has 1 heterocycles. The normalized spacial score (nSPS) is 10.0. The van der Waals surface area contributed by atoms with Gasteiger partial charge in [-0.15, -0.1) is 5.10 Å². The van der Waals surface area contributed by atoms with E-state index in [0.29, 0.717) is 13.1 Å². The Morgan fingerprint density at radius 1 is 1.60 bits per heavy atom. The Kier molecular flexibility index (Phi) is 3.37. The van der Waals surface area contributed by atoms with Crippen molar-refractivity contribution in [1.29, 1.82) is 0 Å². The summed E-state index contributed by atoms with van der Waals surface area (Å²) >= 11 is 0. The van der Waals surface area contributed by atoms with Crippen molar-refractivity contribution in [2.24, 2.45) is 0 Å². The third-order valence-corrected chi connectivity index (χ3v) is 1.93. The minimum atomic E-state index is -1.11. The summed E-state index contributed by atoms with van der Waals surface area (Å²) in [6.07, 6.45) is 1.18. The molecule has 0 saturated heterocycles. The van der Waals surface area contributed by atoms with E-state index in [4.69, 9.17) is 5.11 Å². The lowest BCUT2D eigenvalue weighted by atomic mass is 10.5. The van der Waals surface area contributed by atoms with Crippen LogP contribution in [0.2, 0.25) is 0 Å². The first-order chi connectivity index (χ1) is 7.00. The maximum atomic E-state index is 10.9. The highest BCUT2D eigenvalue weighted by Crippen LogP contribution is 1.92. The standard InChI is InChI=1S/C8H12N4O3/c1-6(13)11(2)3-4-12-9-5-7(10-12)8(14)15/h5H,3-4H2,1-2H3,(H,14,15). The number of likely N-dealkylation sites (N-methyl/N-ethyl adjacent to an activating group) is 1. The number of hydrogen-bond acceptors (Lipinski definition) is 4. The Bertz CT molecular complexity index is 374. The van der Waals surface area contributed by atoms with Crippen molar-refractivity contribution in [3.05, 3.63) is 11.9 Å². The van der Waals surface area contributed by atoms with Crippen LogP contribution in [0.15, 0.2) is 6.20 Å². The first-order valence-corrected chi connectivity index (χ1v) is 4.36. The van der Waals surface area contributed by atoms with Crippen molar-refractivity contribution in [3.63, 3.8) is 0 Å². The van der Waals surface area contributed by atoms with E-state index in [1.54, 1.807) is 7.05 Å². The van der Waals surface area contributed by atoms with Gasteiger partial charge in [-0.1, -0.05) is 0 Å². The molecule has 0 aromatic carbocycles. The zero-order valence-electron chi connectivity index (χ0n) is 8.54. The monoisotopic (exact) mass is 212 g/mol. The fourth-order valence-corrected chi connectivity index (χ4v) is 0.900. The molecule has 0 saturated carbocycles. The second-order valence-corrected chi connectivity index (χ2v) is 3.07. The van der Waals surface area contributed by atoms with E-state index in [1.165, 1.54) is 22.8 Å². The van der Waals surface area contributed by atoms with Crippen molar-refractivity contribution >= 4 is 11.9 Å². The van der Waals surface area contributed by atoms with Crippen LogP contribution in [0.3, 0.4) is 0 Å². The van der Waals surface area contributed by atoms with Crippen molar-refractivity contribution in [1.82, 2.24) is 19.9 Å². The van der Waals surface area contributed by atoms with Crippen LogP contribution in [0.4, 0.5) is 0 Å². The molecule has 1 N–H and O–H groups in total. The number of carboxylic acid groups (broad SMARTS) is 1. The van der Waals surface area contributed by atoms with Gasteiger partial charge in [0.05, 0.1) is 12.7 Å². The summed E-state index contributed by atoms with van der Waals surface area (Å²) in [4.78, 5) is 24.1. The number of amides is 1. The lowest BCUT2D eigenvalue weighted by Crippen LogP contribution is -2.28. The molecule has 0 aliphatic heterocycles. The highest BCUT2D eigenvalue weighted by Gasteiger charge is 2.08. The molecule has 1 aromatic rings. The maximum absolute atomic E-state index is 10.9. The van der Waals surface area contributed by atoms with E-state index < -0.39 is 5.97 Å². The molecule has 82 valence electrons. The van der Waals surface area contributed by atoms with Gasteiger partial charge < -0.3 is 10.0 Å². The molecule has 0 spiro atoms. The fraction of sp³-hybridized carbons (Fsp3) is 0.500. The average Bonchev–Trinajstić information content (AvgIpc) is 2.62. The molecule has 1 rings (SSSR count). The Balaban J connectivity index is 2.51. The van der Waals surface area contributed by atoms with E-state index >= 15 is 0 Å². The Morgan fingerprint density at radius 2 is 2.27 bits per heavy atom. The summed E-state index contributed by atoms with van der Waals surface area (Å²) < 4.78 is 0. The summed E-state index contributed by atoms with van der Waals surface area (Å²) in [5, 5.41) is 16.0.